The Hall–Kier alpha value is -1.84. The van der Waals surface area contributed by atoms with Crippen LogP contribution in [-0.2, 0) is 6.42 Å². The average molecular weight is 325 g/mol. The molecule has 1 aliphatic rings. The topological polar surface area (TPSA) is 41.5 Å². The fraction of sp³-hybridized carbons (Fsp3) is 0.429. The highest BCUT2D eigenvalue weighted by molar-refractivity contribution is 5.25. The predicted octanol–water partition coefficient (Wildman–Crippen LogP) is 3.49. The first-order chi connectivity index (χ1) is 11.7. The largest absolute Gasteiger partial charge is 0.488 e. The molecule has 3 nitrogen and oxygen atoms in total. The Labute approximate surface area is 144 Å². The van der Waals surface area contributed by atoms with Crippen LogP contribution in [0.2, 0.25) is 0 Å². The molecule has 3 heteroatoms. The standard InChI is InChI=1S/C21H27NO2/c1-16-8-5-6-9-17(16)14-15-22-19-12-7-13-20(21(19)23)24-18-10-3-2-4-11-18/h2-6,8-11,19-23H,7,12-15H2,1H3/t19-,20+,21+/m0/s1. The first kappa shape index (κ1) is 17.0. The highest BCUT2D eigenvalue weighted by Crippen LogP contribution is 2.24. The number of nitrogens with one attached hydrogen (secondary N) is 1. The lowest BCUT2D eigenvalue weighted by Gasteiger charge is -2.35. The van der Waals surface area contributed by atoms with Crippen LogP contribution in [0.3, 0.4) is 0 Å². The number of ether oxygens (including phenoxy) is 1. The van der Waals surface area contributed by atoms with E-state index in [1.165, 1.54) is 11.1 Å². The lowest BCUT2D eigenvalue weighted by atomic mass is 9.89. The Morgan fingerprint density at radius 3 is 2.58 bits per heavy atom. The Bertz CT molecular complexity index is 629. The van der Waals surface area contributed by atoms with E-state index in [0.717, 1.165) is 38.0 Å². The molecule has 0 amide bonds. The highest BCUT2D eigenvalue weighted by Gasteiger charge is 2.32. The summed E-state index contributed by atoms with van der Waals surface area (Å²) in [5.74, 6) is 0.835. The maximum atomic E-state index is 10.7. The van der Waals surface area contributed by atoms with Crippen LogP contribution >= 0.6 is 0 Å². The smallest absolute Gasteiger partial charge is 0.126 e. The summed E-state index contributed by atoms with van der Waals surface area (Å²) in [5, 5.41) is 14.2. The Balaban J connectivity index is 1.51. The summed E-state index contributed by atoms with van der Waals surface area (Å²) in [6, 6.07) is 18.4. The van der Waals surface area contributed by atoms with Crippen molar-refractivity contribution in [1.29, 1.82) is 0 Å². The number of hydrogen-bond acceptors (Lipinski definition) is 3. The molecule has 3 rings (SSSR count). The molecule has 0 unspecified atom stereocenters. The van der Waals surface area contributed by atoms with E-state index in [1.807, 2.05) is 30.3 Å². The fourth-order valence-electron chi connectivity index (χ4n) is 3.45. The van der Waals surface area contributed by atoms with Gasteiger partial charge in [-0.05, 0) is 62.4 Å². The van der Waals surface area contributed by atoms with Crippen LogP contribution in [0, 0.1) is 6.92 Å². The summed E-state index contributed by atoms with van der Waals surface area (Å²) in [5.41, 5.74) is 2.70. The molecule has 3 atom stereocenters. The minimum absolute atomic E-state index is 0.108. The number of aliphatic hydroxyl groups is 1. The summed E-state index contributed by atoms with van der Waals surface area (Å²) < 4.78 is 5.99. The summed E-state index contributed by atoms with van der Waals surface area (Å²) in [4.78, 5) is 0. The Kier molecular flexibility index (Phi) is 5.89. The molecule has 0 bridgehead atoms. The quantitative estimate of drug-likeness (QED) is 0.854. The Morgan fingerprint density at radius 1 is 1.04 bits per heavy atom. The van der Waals surface area contributed by atoms with Crippen molar-refractivity contribution in [3.05, 3.63) is 65.7 Å². The zero-order chi connectivity index (χ0) is 16.8. The molecule has 1 saturated carbocycles. The average Bonchev–Trinajstić information content (AvgIpc) is 2.61. The Morgan fingerprint density at radius 2 is 1.79 bits per heavy atom. The molecular weight excluding hydrogens is 298 g/mol. The van der Waals surface area contributed by atoms with Gasteiger partial charge in [-0.15, -0.1) is 0 Å². The van der Waals surface area contributed by atoms with Crippen molar-refractivity contribution in [3.63, 3.8) is 0 Å². The zero-order valence-corrected chi connectivity index (χ0v) is 14.3. The van der Waals surface area contributed by atoms with Crippen LogP contribution in [0.25, 0.3) is 0 Å². The molecule has 0 spiro atoms. The van der Waals surface area contributed by atoms with Crippen LogP contribution in [0.1, 0.15) is 30.4 Å². The normalized spacial score (nSPS) is 23.8. The lowest BCUT2D eigenvalue weighted by molar-refractivity contribution is -0.0151. The van der Waals surface area contributed by atoms with Gasteiger partial charge in [0.15, 0.2) is 0 Å². The number of para-hydroxylation sites is 1. The van der Waals surface area contributed by atoms with E-state index >= 15 is 0 Å². The van der Waals surface area contributed by atoms with E-state index in [9.17, 15) is 5.11 Å². The van der Waals surface area contributed by atoms with Gasteiger partial charge in [-0.1, -0.05) is 42.5 Å². The van der Waals surface area contributed by atoms with Crippen molar-refractivity contribution in [3.8, 4) is 5.75 Å². The molecule has 0 saturated heterocycles. The fourth-order valence-corrected chi connectivity index (χ4v) is 3.45. The zero-order valence-electron chi connectivity index (χ0n) is 14.3. The summed E-state index contributed by atoms with van der Waals surface area (Å²) in [6.45, 7) is 3.03. The molecule has 2 aromatic carbocycles. The third kappa shape index (κ3) is 4.37. The first-order valence-electron chi connectivity index (χ1n) is 8.92. The van der Waals surface area contributed by atoms with Crippen molar-refractivity contribution in [2.75, 3.05) is 6.54 Å². The van der Waals surface area contributed by atoms with E-state index < -0.39 is 6.10 Å². The third-order valence-electron chi connectivity index (χ3n) is 4.89. The lowest BCUT2D eigenvalue weighted by Crippen LogP contribution is -2.51. The van der Waals surface area contributed by atoms with Gasteiger partial charge in [0.25, 0.3) is 0 Å². The number of benzene rings is 2. The van der Waals surface area contributed by atoms with Crippen LogP contribution in [0.15, 0.2) is 54.6 Å². The van der Waals surface area contributed by atoms with Gasteiger partial charge in [0.2, 0.25) is 0 Å². The second kappa shape index (κ2) is 8.32. The summed E-state index contributed by atoms with van der Waals surface area (Å²) >= 11 is 0. The number of hydrogen-bond donors (Lipinski definition) is 2. The summed E-state index contributed by atoms with van der Waals surface area (Å²) in [7, 11) is 0. The molecule has 0 heterocycles. The van der Waals surface area contributed by atoms with Gasteiger partial charge in [-0.2, -0.15) is 0 Å². The minimum Gasteiger partial charge on any atom is -0.488 e. The molecule has 0 radical (unpaired) electrons. The van der Waals surface area contributed by atoms with Gasteiger partial charge in [0.05, 0.1) is 0 Å². The molecule has 0 aliphatic heterocycles. The summed E-state index contributed by atoms with van der Waals surface area (Å²) in [6.07, 6.45) is 3.39. The number of aliphatic hydroxyl groups excluding tert-OH is 1. The van der Waals surface area contributed by atoms with Crippen molar-refractivity contribution >= 4 is 0 Å². The van der Waals surface area contributed by atoms with Crippen LogP contribution < -0.4 is 10.1 Å². The molecular formula is C21H27NO2. The molecule has 2 N–H and O–H groups in total. The third-order valence-corrected chi connectivity index (χ3v) is 4.89. The van der Waals surface area contributed by atoms with Gasteiger partial charge >= 0.3 is 0 Å². The molecule has 2 aromatic rings. The monoisotopic (exact) mass is 325 g/mol. The second-order valence-corrected chi connectivity index (χ2v) is 6.63. The van der Waals surface area contributed by atoms with Crippen LogP contribution in [-0.4, -0.2) is 29.9 Å². The predicted molar refractivity (Wildman–Crippen MR) is 97.4 cm³/mol. The molecule has 0 aromatic heterocycles. The van der Waals surface area contributed by atoms with E-state index in [-0.39, 0.29) is 12.1 Å². The minimum atomic E-state index is -0.462. The van der Waals surface area contributed by atoms with Crippen molar-refractivity contribution < 1.29 is 9.84 Å². The van der Waals surface area contributed by atoms with E-state index in [4.69, 9.17) is 4.74 Å². The SMILES string of the molecule is Cc1ccccc1CCN[C@H]1CCC[C@@H](Oc2ccccc2)[C@@H]1O. The van der Waals surface area contributed by atoms with Gasteiger partial charge in [0, 0.05) is 6.04 Å². The number of aryl methyl sites for hydroxylation is 1. The molecule has 24 heavy (non-hydrogen) atoms. The van der Waals surface area contributed by atoms with Gasteiger partial charge in [-0.3, -0.25) is 0 Å². The van der Waals surface area contributed by atoms with Crippen molar-refractivity contribution in [2.24, 2.45) is 0 Å². The molecule has 1 aliphatic carbocycles. The maximum absolute atomic E-state index is 10.7. The number of rotatable bonds is 6. The molecule has 1 fully saturated rings. The van der Waals surface area contributed by atoms with Gasteiger partial charge in [-0.25, -0.2) is 0 Å². The van der Waals surface area contributed by atoms with E-state index in [1.54, 1.807) is 0 Å². The van der Waals surface area contributed by atoms with Crippen molar-refractivity contribution in [2.45, 2.75) is 50.9 Å². The van der Waals surface area contributed by atoms with Gasteiger partial charge in [0.1, 0.15) is 18.0 Å². The van der Waals surface area contributed by atoms with Crippen LogP contribution in [0.5, 0.6) is 5.75 Å². The van der Waals surface area contributed by atoms with Gasteiger partial charge < -0.3 is 15.2 Å². The highest BCUT2D eigenvalue weighted by atomic mass is 16.5. The first-order valence-corrected chi connectivity index (χ1v) is 8.92. The van der Waals surface area contributed by atoms with E-state index in [0.29, 0.717) is 0 Å². The second-order valence-electron chi connectivity index (χ2n) is 6.63. The van der Waals surface area contributed by atoms with Crippen LogP contribution in [0.4, 0.5) is 0 Å². The van der Waals surface area contributed by atoms with Crippen molar-refractivity contribution in [1.82, 2.24) is 5.32 Å². The van der Waals surface area contributed by atoms with E-state index in [2.05, 4.69) is 36.5 Å². The maximum Gasteiger partial charge on any atom is 0.126 e. The molecule has 128 valence electrons.